The van der Waals surface area contributed by atoms with Gasteiger partial charge in [0, 0.05) is 0 Å². The van der Waals surface area contributed by atoms with E-state index in [0.717, 1.165) is 32.1 Å². The molecule has 1 amide bonds. The van der Waals surface area contributed by atoms with Crippen LogP contribution in [-0.4, -0.2) is 46.1 Å². The van der Waals surface area contributed by atoms with Crippen LogP contribution in [-0.2, 0) is 4.79 Å². The summed E-state index contributed by atoms with van der Waals surface area (Å²) in [7, 11) is 0. The quantitative estimate of drug-likeness (QED) is 0.0361. The highest BCUT2D eigenvalue weighted by atomic mass is 16.3. The van der Waals surface area contributed by atoms with E-state index in [9.17, 15) is 20.1 Å². The minimum absolute atomic E-state index is 0.360. The molecule has 0 aliphatic heterocycles. The smallest absolute Gasteiger partial charge is 0.249 e. The largest absolute Gasteiger partial charge is 0.394 e. The summed E-state index contributed by atoms with van der Waals surface area (Å²) in [6, 6.07) is -0.797. The van der Waals surface area contributed by atoms with Crippen LogP contribution in [0.4, 0.5) is 0 Å². The number of carbonyl (C=O) groups excluding carboxylic acids is 1. The molecule has 0 aromatic carbocycles. The second kappa shape index (κ2) is 59.4. The van der Waals surface area contributed by atoms with Crippen molar-refractivity contribution in [2.24, 2.45) is 0 Å². The van der Waals surface area contributed by atoms with Gasteiger partial charge in [-0.1, -0.05) is 334 Å². The van der Waals surface area contributed by atoms with Gasteiger partial charge in [-0.3, -0.25) is 4.79 Å². The topological polar surface area (TPSA) is 89.8 Å². The maximum atomic E-state index is 12.6. The maximum Gasteiger partial charge on any atom is 0.249 e. The van der Waals surface area contributed by atoms with Crippen molar-refractivity contribution in [3.63, 3.8) is 0 Å². The van der Waals surface area contributed by atoms with Crippen LogP contribution in [0.3, 0.4) is 0 Å². The molecule has 0 heterocycles. The van der Waals surface area contributed by atoms with Gasteiger partial charge in [0.2, 0.25) is 5.91 Å². The van der Waals surface area contributed by atoms with Gasteiger partial charge in [0.25, 0.3) is 0 Å². The lowest BCUT2D eigenvalue weighted by atomic mass is 10.0. The number of hydrogen-bond donors (Lipinski definition) is 4. The maximum absolute atomic E-state index is 12.6. The second-order valence-corrected chi connectivity index (χ2v) is 22.0. The molecule has 0 aliphatic carbocycles. The van der Waals surface area contributed by atoms with Gasteiger partial charge in [-0.2, -0.15) is 0 Å². The molecule has 4 N–H and O–H groups in total. The fourth-order valence-electron chi connectivity index (χ4n) is 10.1. The van der Waals surface area contributed by atoms with Crippen LogP contribution >= 0.6 is 0 Å². The molecule has 0 aromatic rings. The summed E-state index contributed by atoms with van der Waals surface area (Å²) in [6.45, 7) is 4.23. The zero-order valence-corrected chi connectivity index (χ0v) is 47.0. The number of hydrogen-bond acceptors (Lipinski definition) is 4. The molecule has 5 nitrogen and oxygen atoms in total. The predicted octanol–water partition coefficient (Wildman–Crippen LogP) is 20.0. The number of aliphatic hydroxyl groups excluding tert-OH is 3. The van der Waals surface area contributed by atoms with E-state index in [-0.39, 0.29) is 6.61 Å². The second-order valence-electron chi connectivity index (χ2n) is 22.0. The van der Waals surface area contributed by atoms with Gasteiger partial charge in [-0.15, -0.1) is 0 Å². The van der Waals surface area contributed by atoms with Crippen molar-refractivity contribution in [3.05, 3.63) is 24.3 Å². The van der Waals surface area contributed by atoms with E-state index in [2.05, 4.69) is 31.3 Å². The first-order valence-electron chi connectivity index (χ1n) is 31.7. The van der Waals surface area contributed by atoms with Crippen molar-refractivity contribution in [2.45, 2.75) is 372 Å². The Bertz CT molecular complexity index is 1030. The van der Waals surface area contributed by atoms with Crippen LogP contribution in [0.25, 0.3) is 0 Å². The van der Waals surface area contributed by atoms with E-state index in [1.807, 2.05) is 6.08 Å². The summed E-state index contributed by atoms with van der Waals surface area (Å²) in [6.07, 6.45) is 77.2. The number of amides is 1. The van der Waals surface area contributed by atoms with E-state index in [4.69, 9.17) is 0 Å². The molecule has 0 bridgehead atoms. The van der Waals surface area contributed by atoms with Gasteiger partial charge >= 0.3 is 0 Å². The lowest BCUT2D eigenvalue weighted by Crippen LogP contribution is -2.48. The lowest BCUT2D eigenvalue weighted by Gasteiger charge is -2.21. The van der Waals surface area contributed by atoms with Crippen molar-refractivity contribution < 1.29 is 20.1 Å². The molecule has 3 unspecified atom stereocenters. The summed E-state index contributed by atoms with van der Waals surface area (Å²) in [5, 5.41) is 33.5. The van der Waals surface area contributed by atoms with E-state index < -0.39 is 24.2 Å². The zero-order valence-electron chi connectivity index (χ0n) is 47.0. The number of carbonyl (C=O) groups is 1. The Morgan fingerprint density at radius 2 is 0.580 bits per heavy atom. The van der Waals surface area contributed by atoms with Crippen molar-refractivity contribution in [1.29, 1.82) is 0 Å². The fourth-order valence-corrected chi connectivity index (χ4v) is 10.1. The molecule has 5 heteroatoms. The highest BCUT2D eigenvalue weighted by Gasteiger charge is 2.22. The van der Waals surface area contributed by atoms with Crippen LogP contribution in [0.15, 0.2) is 24.3 Å². The van der Waals surface area contributed by atoms with Gasteiger partial charge in [0.1, 0.15) is 6.10 Å². The monoisotopic (exact) mass is 972 g/mol. The Kier molecular flexibility index (Phi) is 58.4. The predicted molar refractivity (Wildman–Crippen MR) is 305 cm³/mol. The first kappa shape index (κ1) is 67.8. The number of allylic oxidation sites excluding steroid dienone is 3. The number of aliphatic hydroxyl groups is 3. The van der Waals surface area contributed by atoms with Crippen LogP contribution < -0.4 is 5.32 Å². The number of unbranched alkanes of at least 4 members (excludes halogenated alkanes) is 49. The average Bonchev–Trinajstić information content (AvgIpc) is 3.35. The van der Waals surface area contributed by atoms with E-state index in [1.54, 1.807) is 6.08 Å². The minimum Gasteiger partial charge on any atom is -0.394 e. The molecule has 0 fully saturated rings. The molecule has 410 valence electrons. The summed E-state index contributed by atoms with van der Waals surface area (Å²) in [5.41, 5.74) is 0. The molecule has 0 aromatic heterocycles. The van der Waals surface area contributed by atoms with E-state index >= 15 is 0 Å². The van der Waals surface area contributed by atoms with Gasteiger partial charge in [0.05, 0.1) is 18.8 Å². The van der Waals surface area contributed by atoms with Crippen LogP contribution in [0.5, 0.6) is 0 Å². The summed E-state index contributed by atoms with van der Waals surface area (Å²) < 4.78 is 0. The Morgan fingerprint density at radius 1 is 0.348 bits per heavy atom. The van der Waals surface area contributed by atoms with Crippen LogP contribution in [0.1, 0.15) is 354 Å². The van der Waals surface area contributed by atoms with Gasteiger partial charge in [-0.05, 0) is 44.9 Å². The molecule has 3 atom stereocenters. The third-order valence-electron chi connectivity index (χ3n) is 15.0. The first-order valence-corrected chi connectivity index (χ1v) is 31.7. The Labute approximate surface area is 432 Å². The third-order valence-corrected chi connectivity index (χ3v) is 15.0. The SMILES string of the molecule is CCCCCCCCCCCCCC/C=C\CCCCCCCCCCCCCCCCC(O)C(=O)NC(CO)C(O)/C=C/CCCCCCCCCCCCCCCCCCCCCCCCC. The average molecular weight is 973 g/mol. The Balaban J connectivity index is 3.52. The van der Waals surface area contributed by atoms with Crippen LogP contribution in [0.2, 0.25) is 0 Å². The summed E-state index contributed by atoms with van der Waals surface area (Å²) in [5.74, 6) is -0.496. The third kappa shape index (κ3) is 54.4. The fraction of sp³-hybridized carbons (Fsp3) is 0.922. The van der Waals surface area contributed by atoms with Crippen molar-refractivity contribution in [3.8, 4) is 0 Å². The lowest BCUT2D eigenvalue weighted by molar-refractivity contribution is -0.131. The molecule has 0 radical (unpaired) electrons. The first-order chi connectivity index (χ1) is 34.1. The normalized spacial score (nSPS) is 13.3. The van der Waals surface area contributed by atoms with Gasteiger partial charge < -0.3 is 20.6 Å². The minimum atomic E-state index is -1.10. The molecule has 0 rings (SSSR count). The highest BCUT2D eigenvalue weighted by Crippen LogP contribution is 2.18. The highest BCUT2D eigenvalue weighted by molar-refractivity contribution is 5.80. The standard InChI is InChI=1S/C64H125NO4/c1-3-5-7-9-11-13-15-17-19-21-23-25-27-29-30-31-32-33-35-37-39-41-43-45-47-49-51-53-55-57-59-63(68)64(69)65-61(60-66)62(67)58-56-54-52-50-48-46-44-42-40-38-36-34-28-26-24-22-20-18-16-14-12-10-8-6-4-2/h29-30,56,58,61-63,66-68H,3-28,31-55,57,59-60H2,1-2H3,(H,65,69)/b30-29-,58-56+. The molecular formula is C64H125NO4. The van der Waals surface area contributed by atoms with Gasteiger partial charge in [0.15, 0.2) is 0 Å². The number of nitrogens with one attached hydrogen (secondary N) is 1. The van der Waals surface area contributed by atoms with Crippen molar-refractivity contribution in [1.82, 2.24) is 5.32 Å². The molecule has 0 spiro atoms. The Hall–Kier alpha value is -1.17. The van der Waals surface area contributed by atoms with Crippen molar-refractivity contribution in [2.75, 3.05) is 6.61 Å². The van der Waals surface area contributed by atoms with Crippen LogP contribution in [0, 0.1) is 0 Å². The molecular weight excluding hydrogens is 847 g/mol. The molecule has 0 saturated carbocycles. The van der Waals surface area contributed by atoms with Crippen molar-refractivity contribution >= 4 is 5.91 Å². The molecule has 0 aliphatic rings. The zero-order chi connectivity index (χ0) is 50.0. The van der Waals surface area contributed by atoms with E-state index in [1.165, 1.54) is 302 Å². The summed E-state index contributed by atoms with van der Waals surface area (Å²) in [4.78, 5) is 12.6. The summed E-state index contributed by atoms with van der Waals surface area (Å²) >= 11 is 0. The van der Waals surface area contributed by atoms with E-state index in [0.29, 0.717) is 6.42 Å². The molecule has 69 heavy (non-hydrogen) atoms. The molecule has 0 saturated heterocycles. The Morgan fingerprint density at radius 3 is 0.841 bits per heavy atom. The number of rotatable bonds is 59. The van der Waals surface area contributed by atoms with Gasteiger partial charge in [-0.25, -0.2) is 0 Å².